The highest BCUT2D eigenvalue weighted by atomic mass is 127. The molecule has 0 bridgehead atoms. The van der Waals surface area contributed by atoms with E-state index in [1.165, 1.54) is 0 Å². The van der Waals surface area contributed by atoms with Crippen LogP contribution in [0.2, 0.25) is 0 Å². The number of hydrogen-bond acceptors (Lipinski definition) is 3. The highest BCUT2D eigenvalue weighted by molar-refractivity contribution is 14.1. The summed E-state index contributed by atoms with van der Waals surface area (Å²) < 4.78 is 11.7. The number of hydrogen-bond donors (Lipinski definition) is 0. The molecule has 1 rings (SSSR count). The van der Waals surface area contributed by atoms with E-state index in [-0.39, 0.29) is 11.9 Å². The van der Waals surface area contributed by atoms with Gasteiger partial charge in [-0.15, -0.1) is 0 Å². The first-order valence-corrected chi connectivity index (χ1v) is 6.19. The predicted molar refractivity (Wildman–Crippen MR) is 70.2 cm³/mol. The van der Waals surface area contributed by atoms with Crippen LogP contribution in [0.5, 0.6) is 5.75 Å². The number of rotatable bonds is 4. The average Bonchev–Trinajstić information content (AvgIpc) is 2.21. The van der Waals surface area contributed by atoms with Crippen LogP contribution in [0.1, 0.15) is 20.8 Å². The van der Waals surface area contributed by atoms with Gasteiger partial charge in [0.15, 0.2) is 0 Å². The van der Waals surface area contributed by atoms with Gasteiger partial charge in [-0.1, -0.05) is 13.8 Å². The molecule has 16 heavy (non-hydrogen) atoms. The van der Waals surface area contributed by atoms with Crippen LogP contribution in [-0.2, 0) is 9.53 Å². The van der Waals surface area contributed by atoms with E-state index >= 15 is 0 Å². The van der Waals surface area contributed by atoms with Crippen LogP contribution in [0.25, 0.3) is 0 Å². The molecular formula is C12H15IO3. The largest absolute Gasteiger partial charge is 0.455 e. The summed E-state index contributed by atoms with van der Waals surface area (Å²) in [6.07, 6.45) is -0.560. The number of esters is 1. The third-order valence-corrected chi connectivity index (χ3v) is 2.59. The topological polar surface area (TPSA) is 35.5 Å². The van der Waals surface area contributed by atoms with E-state index in [0.717, 1.165) is 3.57 Å². The molecule has 0 aliphatic carbocycles. The third kappa shape index (κ3) is 4.38. The van der Waals surface area contributed by atoms with E-state index in [9.17, 15) is 4.79 Å². The lowest BCUT2D eigenvalue weighted by Gasteiger charge is -2.16. The molecule has 0 radical (unpaired) electrons. The molecule has 0 amide bonds. The summed E-state index contributed by atoms with van der Waals surface area (Å²) in [5, 5.41) is 0. The van der Waals surface area contributed by atoms with Crippen molar-refractivity contribution >= 4 is 28.6 Å². The number of halogens is 1. The summed E-state index contributed by atoms with van der Waals surface area (Å²) in [5.41, 5.74) is 0. The quantitative estimate of drug-likeness (QED) is 0.482. The standard InChI is InChI=1S/C12H15IO3/c1-8(2)12(14)16-9(3)15-11-6-4-10(13)5-7-11/h4-9H,1-3H3. The molecule has 0 aliphatic heterocycles. The highest BCUT2D eigenvalue weighted by Crippen LogP contribution is 2.15. The normalized spacial score (nSPS) is 12.3. The van der Waals surface area contributed by atoms with Gasteiger partial charge in [-0.25, -0.2) is 0 Å². The van der Waals surface area contributed by atoms with Crippen molar-refractivity contribution < 1.29 is 14.3 Å². The number of carbonyl (C=O) groups is 1. The van der Waals surface area contributed by atoms with Gasteiger partial charge in [0.25, 0.3) is 0 Å². The van der Waals surface area contributed by atoms with Crippen molar-refractivity contribution in [1.29, 1.82) is 0 Å². The fraction of sp³-hybridized carbons (Fsp3) is 0.417. The zero-order valence-electron chi connectivity index (χ0n) is 9.57. The second-order valence-corrected chi connectivity index (χ2v) is 4.98. The molecule has 4 heteroatoms. The first-order valence-electron chi connectivity index (χ1n) is 5.11. The van der Waals surface area contributed by atoms with Gasteiger partial charge in [-0.05, 0) is 46.9 Å². The Kier molecular flexibility index (Phi) is 5.05. The van der Waals surface area contributed by atoms with Crippen LogP contribution in [-0.4, -0.2) is 12.3 Å². The van der Waals surface area contributed by atoms with E-state index in [1.54, 1.807) is 20.8 Å². The van der Waals surface area contributed by atoms with Crippen molar-refractivity contribution in [3.63, 3.8) is 0 Å². The first-order chi connectivity index (χ1) is 7.49. The Bertz CT molecular complexity index is 346. The molecule has 88 valence electrons. The Labute approximate surface area is 109 Å². The molecule has 1 aromatic rings. The second-order valence-electron chi connectivity index (χ2n) is 3.73. The lowest BCUT2D eigenvalue weighted by atomic mass is 10.2. The van der Waals surface area contributed by atoms with Crippen molar-refractivity contribution in [3.05, 3.63) is 27.8 Å². The van der Waals surface area contributed by atoms with Crippen molar-refractivity contribution in [2.24, 2.45) is 5.92 Å². The van der Waals surface area contributed by atoms with Gasteiger partial charge in [-0.3, -0.25) is 4.79 Å². The summed E-state index contributed by atoms with van der Waals surface area (Å²) in [5.74, 6) is 0.310. The fourth-order valence-corrected chi connectivity index (χ4v) is 1.39. The molecule has 0 saturated carbocycles. The first kappa shape index (κ1) is 13.3. The van der Waals surface area contributed by atoms with Gasteiger partial charge in [0.1, 0.15) is 5.75 Å². The van der Waals surface area contributed by atoms with Gasteiger partial charge >= 0.3 is 5.97 Å². The molecule has 0 spiro atoms. The molecule has 0 aromatic heterocycles. The molecule has 0 heterocycles. The average molecular weight is 334 g/mol. The van der Waals surface area contributed by atoms with Crippen LogP contribution in [0.3, 0.4) is 0 Å². The number of benzene rings is 1. The van der Waals surface area contributed by atoms with Gasteiger partial charge in [0.2, 0.25) is 6.29 Å². The molecule has 1 atom stereocenters. The Morgan fingerprint density at radius 1 is 1.19 bits per heavy atom. The predicted octanol–water partition coefficient (Wildman–Crippen LogP) is 3.22. The molecule has 1 aromatic carbocycles. The van der Waals surface area contributed by atoms with Crippen LogP contribution in [0.4, 0.5) is 0 Å². The van der Waals surface area contributed by atoms with Crippen LogP contribution < -0.4 is 4.74 Å². The number of carbonyl (C=O) groups excluding carboxylic acids is 1. The summed E-state index contributed by atoms with van der Waals surface area (Å²) >= 11 is 2.22. The SMILES string of the molecule is CC(OC(=O)C(C)C)Oc1ccc(I)cc1. The number of ether oxygens (including phenoxy) is 2. The maximum absolute atomic E-state index is 11.3. The zero-order chi connectivity index (χ0) is 12.1. The highest BCUT2D eigenvalue weighted by Gasteiger charge is 2.13. The second kappa shape index (κ2) is 6.08. The third-order valence-electron chi connectivity index (χ3n) is 1.87. The van der Waals surface area contributed by atoms with Gasteiger partial charge in [0.05, 0.1) is 5.92 Å². The van der Waals surface area contributed by atoms with Crippen molar-refractivity contribution in [1.82, 2.24) is 0 Å². The van der Waals surface area contributed by atoms with Crippen molar-refractivity contribution in [2.75, 3.05) is 0 Å². The Hall–Kier alpha value is -0.780. The summed E-state index contributed by atoms with van der Waals surface area (Å²) in [6, 6.07) is 7.57. The summed E-state index contributed by atoms with van der Waals surface area (Å²) in [6.45, 7) is 5.29. The van der Waals surface area contributed by atoms with Crippen LogP contribution in [0.15, 0.2) is 24.3 Å². The van der Waals surface area contributed by atoms with Crippen molar-refractivity contribution in [2.45, 2.75) is 27.1 Å². The van der Waals surface area contributed by atoms with Crippen LogP contribution >= 0.6 is 22.6 Å². The Balaban J connectivity index is 2.48. The molecule has 3 nitrogen and oxygen atoms in total. The molecule has 0 aliphatic rings. The lowest BCUT2D eigenvalue weighted by molar-refractivity contribution is -0.165. The minimum atomic E-state index is -0.560. The van der Waals surface area contributed by atoms with E-state index in [2.05, 4.69) is 22.6 Å². The van der Waals surface area contributed by atoms with E-state index in [1.807, 2.05) is 24.3 Å². The maximum Gasteiger partial charge on any atom is 0.311 e. The minimum Gasteiger partial charge on any atom is -0.455 e. The molecule has 0 saturated heterocycles. The smallest absolute Gasteiger partial charge is 0.311 e. The Morgan fingerprint density at radius 2 is 1.75 bits per heavy atom. The van der Waals surface area contributed by atoms with Gasteiger partial charge < -0.3 is 9.47 Å². The van der Waals surface area contributed by atoms with E-state index in [4.69, 9.17) is 9.47 Å². The zero-order valence-corrected chi connectivity index (χ0v) is 11.7. The van der Waals surface area contributed by atoms with Crippen molar-refractivity contribution in [3.8, 4) is 5.75 Å². The fourth-order valence-electron chi connectivity index (χ4n) is 1.03. The maximum atomic E-state index is 11.3. The van der Waals surface area contributed by atoms with Gasteiger partial charge in [0, 0.05) is 10.5 Å². The molecule has 0 N–H and O–H groups in total. The van der Waals surface area contributed by atoms with E-state index in [0.29, 0.717) is 5.75 Å². The van der Waals surface area contributed by atoms with Crippen LogP contribution in [0, 0.1) is 9.49 Å². The Morgan fingerprint density at radius 3 is 2.25 bits per heavy atom. The molecule has 1 unspecified atom stereocenters. The summed E-state index contributed by atoms with van der Waals surface area (Å²) in [4.78, 5) is 11.3. The minimum absolute atomic E-state index is 0.136. The molecule has 0 fully saturated rings. The summed E-state index contributed by atoms with van der Waals surface area (Å²) in [7, 11) is 0. The molecular weight excluding hydrogens is 319 g/mol. The van der Waals surface area contributed by atoms with E-state index < -0.39 is 6.29 Å². The monoisotopic (exact) mass is 334 g/mol. The van der Waals surface area contributed by atoms with Gasteiger partial charge in [-0.2, -0.15) is 0 Å². The lowest BCUT2D eigenvalue weighted by Crippen LogP contribution is -2.23.